The summed E-state index contributed by atoms with van der Waals surface area (Å²) in [6, 6.07) is 2.49. The van der Waals surface area contributed by atoms with Crippen LogP contribution in [0.25, 0.3) is 11.0 Å². The topological polar surface area (TPSA) is 74.8 Å². The summed E-state index contributed by atoms with van der Waals surface area (Å²) < 4.78 is 0. The van der Waals surface area contributed by atoms with E-state index in [2.05, 4.69) is 43.9 Å². The van der Waals surface area contributed by atoms with Gasteiger partial charge in [-0.2, -0.15) is 9.97 Å². The Hall–Kier alpha value is -1.95. The van der Waals surface area contributed by atoms with E-state index in [0.29, 0.717) is 12.0 Å². The predicted molar refractivity (Wildman–Crippen MR) is 90.5 cm³/mol. The zero-order valence-corrected chi connectivity index (χ0v) is 13.5. The first-order valence-electron chi connectivity index (χ1n) is 7.98. The summed E-state index contributed by atoms with van der Waals surface area (Å²) in [7, 11) is 1.89. The van der Waals surface area contributed by atoms with E-state index in [1.54, 1.807) is 0 Å². The highest BCUT2D eigenvalue weighted by atomic mass is 15.2. The van der Waals surface area contributed by atoms with E-state index in [1.165, 1.54) is 6.42 Å². The van der Waals surface area contributed by atoms with Crippen LogP contribution in [0.4, 0.5) is 11.8 Å². The van der Waals surface area contributed by atoms with Crippen molar-refractivity contribution in [2.24, 2.45) is 0 Å². The fraction of sp³-hybridized carbons (Fsp3) is 0.562. The molecule has 22 heavy (non-hydrogen) atoms. The van der Waals surface area contributed by atoms with E-state index in [9.17, 15) is 0 Å². The molecule has 3 N–H and O–H groups in total. The van der Waals surface area contributed by atoms with Gasteiger partial charge in [-0.3, -0.25) is 0 Å². The molecule has 1 aliphatic heterocycles. The third-order valence-corrected chi connectivity index (χ3v) is 4.14. The average Bonchev–Trinajstić information content (AvgIpc) is 2.74. The van der Waals surface area contributed by atoms with Crippen molar-refractivity contribution in [3.05, 3.63) is 17.3 Å². The third kappa shape index (κ3) is 3.11. The first-order valence-corrected chi connectivity index (χ1v) is 7.98. The van der Waals surface area contributed by atoms with Crippen LogP contribution >= 0.6 is 0 Å². The third-order valence-electron chi connectivity index (χ3n) is 4.14. The van der Waals surface area contributed by atoms with Crippen LogP contribution in [0.3, 0.4) is 0 Å². The highest BCUT2D eigenvalue weighted by molar-refractivity contribution is 5.90. The van der Waals surface area contributed by atoms with Crippen molar-refractivity contribution in [1.82, 2.24) is 20.3 Å². The molecule has 0 radical (unpaired) electrons. The van der Waals surface area contributed by atoms with Gasteiger partial charge in [0.25, 0.3) is 0 Å². The quantitative estimate of drug-likeness (QED) is 0.807. The lowest BCUT2D eigenvalue weighted by Gasteiger charge is -2.17. The number of aromatic nitrogens is 3. The molecular weight excluding hydrogens is 276 g/mol. The van der Waals surface area contributed by atoms with Crippen LogP contribution in [0.1, 0.15) is 30.5 Å². The molecule has 6 heteroatoms. The summed E-state index contributed by atoms with van der Waals surface area (Å²) in [4.78, 5) is 13.9. The molecule has 0 amide bonds. The first kappa shape index (κ1) is 15.0. The highest BCUT2D eigenvalue weighted by Gasteiger charge is 2.15. The van der Waals surface area contributed by atoms with E-state index >= 15 is 0 Å². The van der Waals surface area contributed by atoms with Crippen LogP contribution in [-0.4, -0.2) is 41.1 Å². The van der Waals surface area contributed by atoms with E-state index in [0.717, 1.165) is 54.0 Å². The Balaban J connectivity index is 1.96. The molecule has 1 atom stereocenters. The largest absolute Gasteiger partial charge is 0.372 e. The van der Waals surface area contributed by atoms with Crippen molar-refractivity contribution in [3.63, 3.8) is 0 Å². The molecule has 118 valence electrons. The molecule has 2 aromatic heterocycles. The number of anilines is 2. The lowest BCUT2D eigenvalue weighted by atomic mass is 10.1. The number of rotatable bonds is 3. The number of hydrogen-bond donors (Lipinski definition) is 3. The van der Waals surface area contributed by atoms with Gasteiger partial charge in [0.2, 0.25) is 5.95 Å². The molecule has 0 bridgehead atoms. The number of nitrogens with zero attached hydrogens (tertiary/aromatic N) is 3. The summed E-state index contributed by atoms with van der Waals surface area (Å²) in [5.41, 5.74) is 2.89. The molecule has 0 aliphatic carbocycles. The van der Waals surface area contributed by atoms with Crippen LogP contribution in [0, 0.1) is 13.8 Å². The van der Waals surface area contributed by atoms with Crippen molar-refractivity contribution in [2.75, 3.05) is 30.8 Å². The van der Waals surface area contributed by atoms with Gasteiger partial charge in [0.1, 0.15) is 5.82 Å². The van der Waals surface area contributed by atoms with Gasteiger partial charge in [0, 0.05) is 18.8 Å². The molecule has 0 saturated carbocycles. The van der Waals surface area contributed by atoms with Gasteiger partial charge >= 0.3 is 0 Å². The SMILES string of the molecule is CNc1nc(NC2CCCNCC2)nc2nc(C)cc(C)c12. The van der Waals surface area contributed by atoms with Crippen molar-refractivity contribution >= 4 is 22.8 Å². The second-order valence-corrected chi connectivity index (χ2v) is 5.95. The van der Waals surface area contributed by atoms with Gasteiger partial charge in [-0.15, -0.1) is 0 Å². The zero-order chi connectivity index (χ0) is 15.5. The molecule has 3 heterocycles. The second-order valence-electron chi connectivity index (χ2n) is 5.95. The van der Waals surface area contributed by atoms with E-state index in [-0.39, 0.29) is 0 Å². The number of nitrogens with one attached hydrogen (secondary N) is 3. The predicted octanol–water partition coefficient (Wildman–Crippen LogP) is 2.24. The summed E-state index contributed by atoms with van der Waals surface area (Å²) in [6.07, 6.45) is 3.42. The molecule has 1 unspecified atom stereocenters. The lowest BCUT2D eigenvalue weighted by molar-refractivity contribution is 0.632. The van der Waals surface area contributed by atoms with Gasteiger partial charge in [0.15, 0.2) is 5.65 Å². The fourth-order valence-corrected chi connectivity index (χ4v) is 3.07. The van der Waals surface area contributed by atoms with Crippen LogP contribution in [-0.2, 0) is 0 Å². The van der Waals surface area contributed by atoms with Gasteiger partial charge < -0.3 is 16.0 Å². The summed E-state index contributed by atoms with van der Waals surface area (Å²) in [5.74, 6) is 1.51. The first-order chi connectivity index (χ1) is 10.7. The van der Waals surface area contributed by atoms with Crippen LogP contribution in [0.5, 0.6) is 0 Å². The summed E-state index contributed by atoms with van der Waals surface area (Å²) >= 11 is 0. The zero-order valence-electron chi connectivity index (χ0n) is 13.5. The minimum atomic E-state index is 0.420. The Labute approximate surface area is 131 Å². The molecular formula is C16H24N6. The maximum absolute atomic E-state index is 4.64. The Morgan fingerprint density at radius 2 is 2.00 bits per heavy atom. The maximum atomic E-state index is 4.64. The number of aryl methyl sites for hydroxylation is 2. The van der Waals surface area contributed by atoms with Crippen LogP contribution in [0.2, 0.25) is 0 Å². The molecule has 3 rings (SSSR count). The van der Waals surface area contributed by atoms with Crippen LogP contribution < -0.4 is 16.0 Å². The highest BCUT2D eigenvalue weighted by Crippen LogP contribution is 2.25. The maximum Gasteiger partial charge on any atom is 0.226 e. The molecule has 1 saturated heterocycles. The average molecular weight is 300 g/mol. The fourth-order valence-electron chi connectivity index (χ4n) is 3.07. The Morgan fingerprint density at radius 3 is 2.82 bits per heavy atom. The van der Waals surface area contributed by atoms with Crippen molar-refractivity contribution in [3.8, 4) is 0 Å². The summed E-state index contributed by atoms with van der Waals surface area (Å²) in [6.45, 7) is 6.21. The van der Waals surface area contributed by atoms with Crippen molar-refractivity contribution < 1.29 is 0 Å². The molecule has 2 aromatic rings. The molecule has 1 aliphatic rings. The normalized spacial score (nSPS) is 19.0. The number of hydrogen-bond acceptors (Lipinski definition) is 6. The van der Waals surface area contributed by atoms with E-state index < -0.39 is 0 Å². The second kappa shape index (κ2) is 6.44. The lowest BCUT2D eigenvalue weighted by Crippen LogP contribution is -2.23. The number of fused-ring (bicyclic) bond motifs is 1. The van der Waals surface area contributed by atoms with E-state index in [1.807, 2.05) is 14.0 Å². The van der Waals surface area contributed by atoms with E-state index in [4.69, 9.17) is 0 Å². The van der Waals surface area contributed by atoms with Gasteiger partial charge in [-0.05, 0) is 57.8 Å². The minimum absolute atomic E-state index is 0.420. The Kier molecular flexibility index (Phi) is 4.38. The van der Waals surface area contributed by atoms with Gasteiger partial charge in [0.05, 0.1) is 5.39 Å². The smallest absolute Gasteiger partial charge is 0.226 e. The van der Waals surface area contributed by atoms with Crippen molar-refractivity contribution in [2.45, 2.75) is 39.2 Å². The summed E-state index contributed by atoms with van der Waals surface area (Å²) in [5, 5.41) is 11.1. The molecule has 0 spiro atoms. The monoisotopic (exact) mass is 300 g/mol. The Morgan fingerprint density at radius 1 is 1.14 bits per heavy atom. The van der Waals surface area contributed by atoms with Gasteiger partial charge in [-0.25, -0.2) is 4.98 Å². The minimum Gasteiger partial charge on any atom is -0.372 e. The molecule has 1 fully saturated rings. The molecule has 6 nitrogen and oxygen atoms in total. The molecule has 0 aromatic carbocycles. The number of pyridine rings is 1. The van der Waals surface area contributed by atoms with Crippen LogP contribution in [0.15, 0.2) is 6.07 Å². The van der Waals surface area contributed by atoms with Crippen molar-refractivity contribution in [1.29, 1.82) is 0 Å². The standard InChI is InChI=1S/C16H24N6/c1-10-9-11(2)19-15-13(10)14(17-3)21-16(22-15)20-12-5-4-7-18-8-6-12/h9,12,18H,4-8H2,1-3H3,(H2,17,19,20,21,22). The van der Waals surface area contributed by atoms with Gasteiger partial charge in [-0.1, -0.05) is 0 Å². The Bertz CT molecular complexity index is 661.